The van der Waals surface area contributed by atoms with E-state index in [1.54, 1.807) is 30.0 Å². The number of hydrogen-bond donors (Lipinski definition) is 1. The Labute approximate surface area is 135 Å². The van der Waals surface area contributed by atoms with E-state index in [9.17, 15) is 4.79 Å². The lowest BCUT2D eigenvalue weighted by Gasteiger charge is -2.09. The van der Waals surface area contributed by atoms with E-state index in [-0.39, 0.29) is 0 Å². The molecule has 0 atom stereocenters. The highest BCUT2D eigenvalue weighted by Gasteiger charge is 2.17. The third-order valence-electron chi connectivity index (χ3n) is 3.30. The second kappa shape index (κ2) is 6.12. The highest BCUT2D eigenvalue weighted by atomic mass is 79.9. The minimum Gasteiger partial charge on any atom is -0.493 e. The van der Waals surface area contributed by atoms with Gasteiger partial charge in [-0.05, 0) is 35.9 Å². The summed E-state index contributed by atoms with van der Waals surface area (Å²) in [6, 6.07) is 11.2. The molecular formula is C16H13BrO3S. The first-order valence-electron chi connectivity index (χ1n) is 6.54. The number of halogens is 1. The Kier molecular flexibility index (Phi) is 4.22. The molecule has 5 heteroatoms. The van der Waals surface area contributed by atoms with Crippen molar-refractivity contribution in [3.05, 3.63) is 57.6 Å². The standard InChI is InChI=1S/C16H13BrO3S/c17-13-6-10-4-5-20-15(10)12(7-13)9-21-14-3-1-2-11(8-14)16(18)19/h1-3,6-8H,4-5,9H2,(H,18,19). The summed E-state index contributed by atoms with van der Waals surface area (Å²) in [7, 11) is 0. The second-order valence-electron chi connectivity index (χ2n) is 4.77. The monoisotopic (exact) mass is 364 g/mol. The molecule has 0 fully saturated rings. The van der Waals surface area contributed by atoms with E-state index in [4.69, 9.17) is 9.84 Å². The number of carbonyl (C=O) groups is 1. The van der Waals surface area contributed by atoms with E-state index >= 15 is 0 Å². The Balaban J connectivity index is 1.79. The van der Waals surface area contributed by atoms with E-state index in [0.717, 1.165) is 39.5 Å². The third kappa shape index (κ3) is 3.24. The van der Waals surface area contributed by atoms with Gasteiger partial charge in [0.05, 0.1) is 12.2 Å². The molecule has 0 aromatic heterocycles. The molecule has 0 bridgehead atoms. The van der Waals surface area contributed by atoms with Crippen LogP contribution in [0.5, 0.6) is 5.75 Å². The fraction of sp³-hybridized carbons (Fsp3) is 0.188. The fourth-order valence-corrected chi connectivity index (χ4v) is 3.81. The number of thioether (sulfide) groups is 1. The average molecular weight is 365 g/mol. The molecule has 0 saturated heterocycles. The molecule has 1 heterocycles. The van der Waals surface area contributed by atoms with Crippen LogP contribution in [0.1, 0.15) is 21.5 Å². The van der Waals surface area contributed by atoms with E-state index in [0.29, 0.717) is 5.56 Å². The van der Waals surface area contributed by atoms with Gasteiger partial charge in [-0.2, -0.15) is 0 Å². The van der Waals surface area contributed by atoms with Gasteiger partial charge in [-0.15, -0.1) is 11.8 Å². The van der Waals surface area contributed by atoms with E-state index in [2.05, 4.69) is 28.1 Å². The number of fused-ring (bicyclic) bond motifs is 1. The van der Waals surface area contributed by atoms with Crippen LogP contribution in [-0.4, -0.2) is 17.7 Å². The number of carboxylic acids is 1. The highest BCUT2D eigenvalue weighted by molar-refractivity contribution is 9.10. The van der Waals surface area contributed by atoms with Gasteiger partial charge in [-0.25, -0.2) is 4.79 Å². The van der Waals surface area contributed by atoms with Gasteiger partial charge in [0.2, 0.25) is 0 Å². The van der Waals surface area contributed by atoms with Crippen LogP contribution in [0, 0.1) is 0 Å². The number of hydrogen-bond acceptors (Lipinski definition) is 3. The molecule has 0 radical (unpaired) electrons. The van der Waals surface area contributed by atoms with Gasteiger partial charge in [-0.1, -0.05) is 22.0 Å². The third-order valence-corrected chi connectivity index (χ3v) is 4.80. The van der Waals surface area contributed by atoms with Crippen LogP contribution < -0.4 is 4.74 Å². The Morgan fingerprint density at radius 2 is 2.19 bits per heavy atom. The Morgan fingerprint density at radius 3 is 3.00 bits per heavy atom. The molecule has 2 aromatic rings. The molecular weight excluding hydrogens is 352 g/mol. The first-order chi connectivity index (χ1) is 10.1. The van der Waals surface area contributed by atoms with Gasteiger partial charge in [-0.3, -0.25) is 0 Å². The zero-order valence-electron chi connectivity index (χ0n) is 11.1. The van der Waals surface area contributed by atoms with Gasteiger partial charge in [0.15, 0.2) is 0 Å². The number of aromatic carboxylic acids is 1. The lowest BCUT2D eigenvalue weighted by atomic mass is 10.1. The predicted octanol–water partition coefficient (Wildman–Crippen LogP) is 4.37. The summed E-state index contributed by atoms with van der Waals surface area (Å²) in [4.78, 5) is 11.9. The van der Waals surface area contributed by atoms with Crippen molar-refractivity contribution in [2.24, 2.45) is 0 Å². The highest BCUT2D eigenvalue weighted by Crippen LogP contribution is 2.36. The lowest BCUT2D eigenvalue weighted by Crippen LogP contribution is -1.95. The predicted molar refractivity (Wildman–Crippen MR) is 86.3 cm³/mol. The average Bonchev–Trinajstić information content (AvgIpc) is 2.93. The van der Waals surface area contributed by atoms with Crippen molar-refractivity contribution in [2.45, 2.75) is 17.1 Å². The van der Waals surface area contributed by atoms with Crippen LogP contribution in [0.25, 0.3) is 0 Å². The fourth-order valence-electron chi connectivity index (χ4n) is 2.33. The molecule has 1 N–H and O–H groups in total. The summed E-state index contributed by atoms with van der Waals surface area (Å²) < 4.78 is 6.76. The van der Waals surface area contributed by atoms with E-state index in [1.807, 2.05) is 6.07 Å². The first kappa shape index (κ1) is 14.5. The van der Waals surface area contributed by atoms with Crippen molar-refractivity contribution in [1.29, 1.82) is 0 Å². The quantitative estimate of drug-likeness (QED) is 0.818. The molecule has 108 valence electrons. The maximum absolute atomic E-state index is 11.0. The summed E-state index contributed by atoms with van der Waals surface area (Å²) in [5.41, 5.74) is 2.69. The molecule has 0 aliphatic carbocycles. The zero-order chi connectivity index (χ0) is 14.8. The van der Waals surface area contributed by atoms with Crippen molar-refractivity contribution in [3.63, 3.8) is 0 Å². The number of ether oxygens (including phenoxy) is 1. The topological polar surface area (TPSA) is 46.5 Å². The molecule has 0 saturated carbocycles. The summed E-state index contributed by atoms with van der Waals surface area (Å²) in [5, 5.41) is 9.02. The van der Waals surface area contributed by atoms with Gasteiger partial charge < -0.3 is 9.84 Å². The van der Waals surface area contributed by atoms with Crippen LogP contribution in [0.15, 0.2) is 45.8 Å². The molecule has 3 nitrogen and oxygen atoms in total. The molecule has 0 unspecified atom stereocenters. The Bertz CT molecular complexity index is 700. The SMILES string of the molecule is O=C(O)c1cccc(SCc2cc(Br)cc3c2OCC3)c1. The lowest BCUT2D eigenvalue weighted by molar-refractivity contribution is 0.0696. The van der Waals surface area contributed by atoms with Crippen LogP contribution in [0.2, 0.25) is 0 Å². The Hall–Kier alpha value is -1.46. The van der Waals surface area contributed by atoms with Gasteiger partial charge >= 0.3 is 5.97 Å². The normalized spacial score (nSPS) is 12.8. The second-order valence-corrected chi connectivity index (χ2v) is 6.74. The first-order valence-corrected chi connectivity index (χ1v) is 8.31. The van der Waals surface area contributed by atoms with Gasteiger partial charge in [0.1, 0.15) is 5.75 Å². The molecule has 0 amide bonds. The van der Waals surface area contributed by atoms with Crippen molar-refractivity contribution in [2.75, 3.05) is 6.61 Å². The molecule has 3 rings (SSSR count). The van der Waals surface area contributed by atoms with Crippen LogP contribution in [-0.2, 0) is 12.2 Å². The van der Waals surface area contributed by atoms with Crippen molar-refractivity contribution in [3.8, 4) is 5.75 Å². The molecule has 2 aromatic carbocycles. The molecule has 1 aliphatic heterocycles. The maximum Gasteiger partial charge on any atom is 0.335 e. The minimum atomic E-state index is -0.899. The zero-order valence-corrected chi connectivity index (χ0v) is 13.5. The molecule has 1 aliphatic rings. The van der Waals surface area contributed by atoms with Crippen molar-refractivity contribution >= 4 is 33.7 Å². The summed E-state index contributed by atoms with van der Waals surface area (Å²) in [6.45, 7) is 0.734. The van der Waals surface area contributed by atoms with Crippen molar-refractivity contribution < 1.29 is 14.6 Å². The van der Waals surface area contributed by atoms with Gasteiger partial charge in [0, 0.05) is 27.1 Å². The van der Waals surface area contributed by atoms with E-state index < -0.39 is 5.97 Å². The summed E-state index contributed by atoms with van der Waals surface area (Å²) in [5.74, 6) is 0.842. The van der Waals surface area contributed by atoms with Crippen LogP contribution in [0.4, 0.5) is 0 Å². The summed E-state index contributed by atoms with van der Waals surface area (Å²) in [6.07, 6.45) is 0.945. The van der Waals surface area contributed by atoms with E-state index in [1.165, 1.54) is 5.56 Å². The largest absolute Gasteiger partial charge is 0.493 e. The molecule has 21 heavy (non-hydrogen) atoms. The number of carboxylic acid groups (broad SMARTS) is 1. The van der Waals surface area contributed by atoms with Crippen LogP contribution >= 0.6 is 27.7 Å². The summed E-state index contributed by atoms with van der Waals surface area (Å²) >= 11 is 5.15. The Morgan fingerprint density at radius 1 is 1.33 bits per heavy atom. The van der Waals surface area contributed by atoms with Crippen molar-refractivity contribution in [1.82, 2.24) is 0 Å². The number of rotatable bonds is 4. The smallest absolute Gasteiger partial charge is 0.335 e. The van der Waals surface area contributed by atoms with Gasteiger partial charge in [0.25, 0.3) is 0 Å². The number of benzene rings is 2. The molecule has 0 spiro atoms. The maximum atomic E-state index is 11.0. The minimum absolute atomic E-state index is 0.315. The van der Waals surface area contributed by atoms with Crippen LogP contribution in [0.3, 0.4) is 0 Å².